The van der Waals surface area contributed by atoms with Crippen molar-refractivity contribution >= 4 is 28.3 Å². The minimum absolute atomic E-state index is 0.00324. The fraction of sp³-hybridized carbons (Fsp3) is 0.200. The summed E-state index contributed by atoms with van der Waals surface area (Å²) >= 11 is 2.30. The highest BCUT2D eigenvalue weighted by Gasteiger charge is 2.08. The Morgan fingerprint density at radius 1 is 1.05 bits per heavy atom. The summed E-state index contributed by atoms with van der Waals surface area (Å²) in [5.41, 5.74) is 3.10. The Kier molecular flexibility index (Phi) is 4.19. The molecule has 0 saturated carbocycles. The van der Waals surface area contributed by atoms with E-state index in [1.54, 1.807) is 12.1 Å². The van der Waals surface area contributed by atoms with Gasteiger partial charge in [-0.3, -0.25) is 0 Å². The maximum atomic E-state index is 9.50. The summed E-state index contributed by atoms with van der Waals surface area (Å²) in [4.78, 5) is 0. The van der Waals surface area contributed by atoms with Crippen molar-refractivity contribution < 1.29 is 10.2 Å². The maximum Gasteiger partial charge on any atom is 0.119 e. The first-order valence-corrected chi connectivity index (χ1v) is 7.09. The maximum absolute atomic E-state index is 9.50. The third-order valence-electron chi connectivity index (χ3n) is 2.98. The number of anilines is 1. The first kappa shape index (κ1) is 14.0. The lowest BCUT2D eigenvalue weighted by Crippen LogP contribution is -2.06. The Morgan fingerprint density at radius 3 is 2.26 bits per heavy atom. The number of aromatic hydroxyl groups is 2. The molecule has 0 saturated heterocycles. The van der Waals surface area contributed by atoms with Crippen LogP contribution in [0.3, 0.4) is 0 Å². The predicted octanol–water partition coefficient (Wildman–Crippen LogP) is 4.18. The van der Waals surface area contributed by atoms with Gasteiger partial charge in [0.2, 0.25) is 0 Å². The van der Waals surface area contributed by atoms with Crippen molar-refractivity contribution in [1.29, 1.82) is 0 Å². The van der Waals surface area contributed by atoms with E-state index in [2.05, 4.69) is 47.0 Å². The Bertz CT molecular complexity index is 578. The van der Waals surface area contributed by atoms with E-state index in [-0.39, 0.29) is 17.5 Å². The van der Waals surface area contributed by atoms with Gasteiger partial charge in [-0.1, -0.05) is 6.07 Å². The molecule has 0 bridgehead atoms. The fourth-order valence-electron chi connectivity index (χ4n) is 1.88. The van der Waals surface area contributed by atoms with Gasteiger partial charge < -0.3 is 15.5 Å². The third kappa shape index (κ3) is 3.53. The molecule has 4 heteroatoms. The van der Waals surface area contributed by atoms with Crippen molar-refractivity contribution in [2.24, 2.45) is 0 Å². The second kappa shape index (κ2) is 5.69. The molecule has 0 fully saturated rings. The average molecular weight is 369 g/mol. The molecule has 3 nitrogen and oxygen atoms in total. The second-order valence-corrected chi connectivity index (χ2v) is 5.77. The SMILES string of the molecule is Cc1ccc(NC(C)c2cc(O)cc(O)c2)cc1I. The first-order chi connectivity index (χ1) is 8.95. The summed E-state index contributed by atoms with van der Waals surface area (Å²) in [6, 6.07) is 10.8. The van der Waals surface area contributed by atoms with Gasteiger partial charge in [0.05, 0.1) is 0 Å². The van der Waals surface area contributed by atoms with Gasteiger partial charge in [0.25, 0.3) is 0 Å². The Hall–Kier alpha value is -1.43. The molecule has 0 aromatic heterocycles. The molecule has 3 N–H and O–H groups in total. The molecular weight excluding hydrogens is 353 g/mol. The van der Waals surface area contributed by atoms with Crippen LogP contribution in [-0.2, 0) is 0 Å². The van der Waals surface area contributed by atoms with Crippen LogP contribution in [0.1, 0.15) is 24.1 Å². The van der Waals surface area contributed by atoms with Gasteiger partial charge >= 0.3 is 0 Å². The van der Waals surface area contributed by atoms with Gasteiger partial charge in [0.15, 0.2) is 0 Å². The van der Waals surface area contributed by atoms with Gasteiger partial charge in [-0.15, -0.1) is 0 Å². The van der Waals surface area contributed by atoms with Crippen LogP contribution in [-0.4, -0.2) is 10.2 Å². The van der Waals surface area contributed by atoms with E-state index < -0.39 is 0 Å². The molecule has 2 aromatic rings. The molecule has 2 rings (SSSR count). The van der Waals surface area contributed by atoms with Crippen molar-refractivity contribution in [2.45, 2.75) is 19.9 Å². The molecule has 0 aliphatic heterocycles. The van der Waals surface area contributed by atoms with Gasteiger partial charge in [-0.05, 0) is 71.8 Å². The van der Waals surface area contributed by atoms with E-state index in [1.807, 2.05) is 13.0 Å². The van der Waals surface area contributed by atoms with Crippen LogP contribution < -0.4 is 5.32 Å². The summed E-state index contributed by atoms with van der Waals surface area (Å²) in [5, 5.41) is 22.4. The number of nitrogens with one attached hydrogen (secondary N) is 1. The quantitative estimate of drug-likeness (QED) is 0.712. The molecule has 0 spiro atoms. The van der Waals surface area contributed by atoms with Gasteiger partial charge in [-0.25, -0.2) is 0 Å². The van der Waals surface area contributed by atoms with Crippen LogP contribution in [0.15, 0.2) is 36.4 Å². The van der Waals surface area contributed by atoms with Crippen molar-refractivity contribution in [1.82, 2.24) is 0 Å². The summed E-state index contributed by atoms with van der Waals surface area (Å²) < 4.78 is 1.20. The molecule has 1 atom stereocenters. The molecule has 2 aromatic carbocycles. The highest BCUT2D eigenvalue weighted by Crippen LogP contribution is 2.27. The van der Waals surface area contributed by atoms with Crippen molar-refractivity contribution in [2.75, 3.05) is 5.32 Å². The number of hydrogen-bond donors (Lipinski definition) is 3. The Labute approximate surface area is 126 Å². The standard InChI is InChI=1S/C15H16INO2/c1-9-3-4-12(7-15(9)16)17-10(2)11-5-13(18)8-14(19)6-11/h3-8,10,17-19H,1-2H3. The van der Waals surface area contributed by atoms with Crippen molar-refractivity contribution in [3.8, 4) is 11.5 Å². The summed E-state index contributed by atoms with van der Waals surface area (Å²) in [6.45, 7) is 4.06. The largest absolute Gasteiger partial charge is 0.508 e. The van der Waals surface area contributed by atoms with E-state index in [4.69, 9.17) is 0 Å². The minimum atomic E-state index is -0.00324. The van der Waals surface area contributed by atoms with Crippen LogP contribution in [0, 0.1) is 10.5 Å². The van der Waals surface area contributed by atoms with Gasteiger partial charge in [0.1, 0.15) is 11.5 Å². The number of benzene rings is 2. The summed E-state index contributed by atoms with van der Waals surface area (Å²) in [5.74, 6) is 0.143. The summed E-state index contributed by atoms with van der Waals surface area (Å²) in [7, 11) is 0. The van der Waals surface area contributed by atoms with Gasteiger partial charge in [0, 0.05) is 21.4 Å². The van der Waals surface area contributed by atoms with Crippen molar-refractivity contribution in [3.05, 3.63) is 51.1 Å². The first-order valence-electron chi connectivity index (χ1n) is 6.01. The third-order valence-corrected chi connectivity index (χ3v) is 4.14. The molecule has 0 radical (unpaired) electrons. The molecule has 0 heterocycles. The average Bonchev–Trinajstić information content (AvgIpc) is 2.32. The fourth-order valence-corrected chi connectivity index (χ4v) is 2.40. The normalized spacial score (nSPS) is 12.2. The number of phenols is 2. The Balaban J connectivity index is 2.20. The van der Waals surface area contributed by atoms with E-state index in [0.717, 1.165) is 11.3 Å². The molecule has 19 heavy (non-hydrogen) atoms. The van der Waals surface area contributed by atoms with Crippen molar-refractivity contribution in [3.63, 3.8) is 0 Å². The van der Waals surface area contributed by atoms with Crippen LogP contribution in [0.25, 0.3) is 0 Å². The van der Waals surface area contributed by atoms with Crippen LogP contribution in [0.2, 0.25) is 0 Å². The highest BCUT2D eigenvalue weighted by molar-refractivity contribution is 14.1. The Morgan fingerprint density at radius 2 is 1.68 bits per heavy atom. The molecular formula is C15H16INO2. The number of halogens is 1. The van der Waals surface area contributed by atoms with E-state index >= 15 is 0 Å². The number of aryl methyl sites for hydroxylation is 1. The zero-order valence-electron chi connectivity index (χ0n) is 10.8. The summed E-state index contributed by atoms with van der Waals surface area (Å²) in [6.07, 6.45) is 0. The molecule has 0 aliphatic rings. The smallest absolute Gasteiger partial charge is 0.119 e. The highest BCUT2D eigenvalue weighted by atomic mass is 127. The predicted molar refractivity (Wildman–Crippen MR) is 85.7 cm³/mol. The van der Waals surface area contributed by atoms with Gasteiger partial charge in [-0.2, -0.15) is 0 Å². The lowest BCUT2D eigenvalue weighted by Gasteiger charge is -2.17. The number of hydrogen-bond acceptors (Lipinski definition) is 3. The van der Waals surface area contributed by atoms with E-state index in [9.17, 15) is 10.2 Å². The van der Waals surface area contributed by atoms with E-state index in [1.165, 1.54) is 15.2 Å². The zero-order valence-corrected chi connectivity index (χ0v) is 13.0. The number of phenolic OH excluding ortho intramolecular Hbond substituents is 2. The zero-order chi connectivity index (χ0) is 14.0. The van der Waals surface area contributed by atoms with E-state index in [0.29, 0.717) is 0 Å². The lowest BCUT2D eigenvalue weighted by atomic mass is 10.1. The van der Waals surface area contributed by atoms with Crippen LogP contribution >= 0.6 is 22.6 Å². The monoisotopic (exact) mass is 369 g/mol. The lowest BCUT2D eigenvalue weighted by molar-refractivity contribution is 0.448. The molecule has 1 unspecified atom stereocenters. The second-order valence-electron chi connectivity index (χ2n) is 4.61. The molecule has 0 aliphatic carbocycles. The topological polar surface area (TPSA) is 52.5 Å². The number of rotatable bonds is 3. The molecule has 0 amide bonds. The molecule has 100 valence electrons. The van der Waals surface area contributed by atoms with Crippen LogP contribution in [0.5, 0.6) is 11.5 Å². The van der Waals surface area contributed by atoms with Crippen LogP contribution in [0.4, 0.5) is 5.69 Å². The minimum Gasteiger partial charge on any atom is -0.508 e.